The Bertz CT molecular complexity index is 388. The summed E-state index contributed by atoms with van der Waals surface area (Å²) in [5, 5.41) is 11.1. The van der Waals surface area contributed by atoms with Crippen LogP contribution >= 0.6 is 11.8 Å². The Hall–Kier alpha value is -0.670. The van der Waals surface area contributed by atoms with Gasteiger partial charge < -0.3 is 9.84 Å². The van der Waals surface area contributed by atoms with Crippen LogP contribution in [-0.2, 0) is 5.60 Å². The van der Waals surface area contributed by atoms with E-state index in [-0.39, 0.29) is 11.4 Å². The highest BCUT2D eigenvalue weighted by Crippen LogP contribution is 2.41. The normalized spacial score (nSPS) is 28.4. The molecule has 0 radical (unpaired) electrons. The van der Waals surface area contributed by atoms with Crippen LogP contribution < -0.4 is 4.74 Å². The first-order valence-electron chi connectivity index (χ1n) is 6.63. The van der Waals surface area contributed by atoms with E-state index in [0.717, 1.165) is 29.9 Å². The summed E-state index contributed by atoms with van der Waals surface area (Å²) in [7, 11) is 0. The Labute approximate surface area is 114 Å². The van der Waals surface area contributed by atoms with Gasteiger partial charge in [-0.15, -0.1) is 0 Å². The van der Waals surface area contributed by atoms with Crippen LogP contribution in [0.25, 0.3) is 0 Å². The zero-order chi connectivity index (χ0) is 13.2. The molecule has 1 aliphatic heterocycles. The molecular formula is C15H22O2S. The van der Waals surface area contributed by atoms with E-state index in [1.165, 1.54) is 0 Å². The van der Waals surface area contributed by atoms with Gasteiger partial charge in [-0.1, -0.05) is 19.1 Å². The van der Waals surface area contributed by atoms with E-state index in [1.807, 2.05) is 49.9 Å². The second-order valence-corrected chi connectivity index (χ2v) is 6.68. The number of benzene rings is 1. The summed E-state index contributed by atoms with van der Waals surface area (Å²) in [5.74, 6) is 2.02. The van der Waals surface area contributed by atoms with E-state index >= 15 is 0 Å². The molecule has 0 aromatic heterocycles. The van der Waals surface area contributed by atoms with Crippen LogP contribution in [0.5, 0.6) is 5.75 Å². The van der Waals surface area contributed by atoms with Crippen molar-refractivity contribution in [3.8, 4) is 5.75 Å². The smallest absolute Gasteiger partial charge is 0.119 e. The number of thioether (sulfide) groups is 1. The molecule has 2 atom stereocenters. The molecule has 1 N–H and O–H groups in total. The van der Waals surface area contributed by atoms with E-state index in [9.17, 15) is 5.11 Å². The molecule has 18 heavy (non-hydrogen) atoms. The molecule has 0 aliphatic carbocycles. The Balaban J connectivity index is 2.17. The Morgan fingerprint density at radius 1 is 1.33 bits per heavy atom. The maximum atomic E-state index is 10.8. The van der Waals surface area contributed by atoms with Gasteiger partial charge in [0.2, 0.25) is 0 Å². The van der Waals surface area contributed by atoms with Crippen LogP contribution in [0.3, 0.4) is 0 Å². The van der Waals surface area contributed by atoms with Crippen LogP contribution in [0.15, 0.2) is 24.3 Å². The fraction of sp³-hybridized carbons (Fsp3) is 0.600. The monoisotopic (exact) mass is 266 g/mol. The highest BCUT2D eigenvalue weighted by Gasteiger charge is 2.38. The van der Waals surface area contributed by atoms with Crippen molar-refractivity contribution in [3.63, 3.8) is 0 Å². The molecule has 2 nitrogen and oxygen atoms in total. The molecule has 1 aromatic carbocycles. The molecule has 1 heterocycles. The molecule has 3 heteroatoms. The average molecular weight is 266 g/mol. The van der Waals surface area contributed by atoms with Crippen molar-refractivity contribution in [2.75, 3.05) is 5.75 Å². The number of ether oxygens (including phenoxy) is 1. The third kappa shape index (κ3) is 2.83. The van der Waals surface area contributed by atoms with Crippen molar-refractivity contribution in [3.05, 3.63) is 29.8 Å². The molecule has 2 unspecified atom stereocenters. The minimum atomic E-state index is -0.681. The summed E-state index contributed by atoms with van der Waals surface area (Å²) in [6.07, 6.45) is 2.12. The predicted molar refractivity (Wildman–Crippen MR) is 77.3 cm³/mol. The number of rotatable bonds is 3. The van der Waals surface area contributed by atoms with Crippen molar-refractivity contribution in [1.82, 2.24) is 0 Å². The Morgan fingerprint density at radius 2 is 2.00 bits per heavy atom. The van der Waals surface area contributed by atoms with Crippen molar-refractivity contribution < 1.29 is 9.84 Å². The molecule has 1 aromatic rings. The van der Waals surface area contributed by atoms with Crippen LogP contribution in [-0.4, -0.2) is 22.2 Å². The lowest BCUT2D eigenvalue weighted by Gasteiger charge is -2.38. The summed E-state index contributed by atoms with van der Waals surface area (Å²) in [6.45, 7) is 6.14. The third-order valence-corrected chi connectivity index (χ3v) is 4.88. The maximum Gasteiger partial charge on any atom is 0.119 e. The van der Waals surface area contributed by atoms with Crippen LogP contribution in [0, 0.1) is 0 Å². The number of hydrogen-bond donors (Lipinski definition) is 1. The zero-order valence-corrected chi connectivity index (χ0v) is 12.2. The molecular weight excluding hydrogens is 244 g/mol. The number of aliphatic hydroxyl groups is 1. The van der Waals surface area contributed by atoms with Crippen LogP contribution in [0.1, 0.15) is 39.2 Å². The van der Waals surface area contributed by atoms with Crippen molar-refractivity contribution in [1.29, 1.82) is 0 Å². The highest BCUT2D eigenvalue weighted by atomic mass is 32.2. The molecule has 2 rings (SSSR count). The van der Waals surface area contributed by atoms with E-state index in [4.69, 9.17) is 4.74 Å². The second-order valence-electron chi connectivity index (χ2n) is 5.23. The van der Waals surface area contributed by atoms with Gasteiger partial charge in [-0.3, -0.25) is 0 Å². The maximum absolute atomic E-state index is 10.8. The quantitative estimate of drug-likeness (QED) is 0.907. The molecule has 1 aliphatic rings. The summed E-state index contributed by atoms with van der Waals surface area (Å²) in [6, 6.07) is 7.92. The standard InChI is InChI=1S/C15H22O2S/c1-11(2)17-14-7-5-13(6-8-14)15(16)9-4-10-18-12(15)3/h5-8,11-12,16H,4,9-10H2,1-3H3. The summed E-state index contributed by atoms with van der Waals surface area (Å²) in [5.41, 5.74) is 0.331. The first-order chi connectivity index (χ1) is 8.52. The van der Waals surface area contributed by atoms with Crippen molar-refractivity contribution >= 4 is 11.8 Å². The SMILES string of the molecule is CC(C)Oc1ccc(C2(O)CCCSC2C)cc1. The van der Waals surface area contributed by atoms with E-state index in [2.05, 4.69) is 6.92 Å². The van der Waals surface area contributed by atoms with Crippen molar-refractivity contribution in [2.45, 2.75) is 50.6 Å². The van der Waals surface area contributed by atoms with Gasteiger partial charge in [-0.25, -0.2) is 0 Å². The minimum Gasteiger partial charge on any atom is -0.491 e. The first-order valence-corrected chi connectivity index (χ1v) is 7.68. The fourth-order valence-corrected chi connectivity index (χ4v) is 3.61. The van der Waals surface area contributed by atoms with Gasteiger partial charge in [0.05, 0.1) is 6.10 Å². The van der Waals surface area contributed by atoms with Gasteiger partial charge in [-0.05, 0) is 50.1 Å². The lowest BCUT2D eigenvalue weighted by Crippen LogP contribution is -2.38. The van der Waals surface area contributed by atoms with Gasteiger partial charge in [-0.2, -0.15) is 11.8 Å². The molecule has 1 fully saturated rings. The minimum absolute atomic E-state index is 0.183. The molecule has 0 saturated carbocycles. The molecule has 0 bridgehead atoms. The molecule has 100 valence electrons. The van der Waals surface area contributed by atoms with Crippen molar-refractivity contribution in [2.24, 2.45) is 0 Å². The summed E-state index contributed by atoms with van der Waals surface area (Å²) >= 11 is 1.85. The van der Waals surface area contributed by atoms with Gasteiger partial charge in [0, 0.05) is 5.25 Å². The Kier molecular flexibility index (Phi) is 4.23. The average Bonchev–Trinajstić information content (AvgIpc) is 2.33. The second kappa shape index (κ2) is 5.54. The third-order valence-electron chi connectivity index (χ3n) is 3.47. The van der Waals surface area contributed by atoms with Gasteiger partial charge >= 0.3 is 0 Å². The van der Waals surface area contributed by atoms with Crippen LogP contribution in [0.2, 0.25) is 0 Å². The summed E-state index contributed by atoms with van der Waals surface area (Å²) < 4.78 is 5.63. The topological polar surface area (TPSA) is 29.5 Å². The highest BCUT2D eigenvalue weighted by molar-refractivity contribution is 8.00. The lowest BCUT2D eigenvalue weighted by atomic mass is 9.86. The first kappa shape index (κ1) is 13.8. The molecule has 0 amide bonds. The predicted octanol–water partition coefficient (Wildman–Crippen LogP) is 3.58. The molecule has 0 spiro atoms. The zero-order valence-electron chi connectivity index (χ0n) is 11.3. The lowest BCUT2D eigenvalue weighted by molar-refractivity contribution is 0.0254. The van der Waals surface area contributed by atoms with Gasteiger partial charge in [0.1, 0.15) is 11.4 Å². The summed E-state index contributed by atoms with van der Waals surface area (Å²) in [4.78, 5) is 0. The van der Waals surface area contributed by atoms with Gasteiger partial charge in [0.25, 0.3) is 0 Å². The Morgan fingerprint density at radius 3 is 2.56 bits per heavy atom. The molecule has 1 saturated heterocycles. The fourth-order valence-electron chi connectivity index (χ4n) is 2.42. The largest absolute Gasteiger partial charge is 0.491 e. The van der Waals surface area contributed by atoms with Gasteiger partial charge in [0.15, 0.2) is 0 Å². The van der Waals surface area contributed by atoms with E-state index < -0.39 is 5.60 Å². The van der Waals surface area contributed by atoms with E-state index in [1.54, 1.807) is 0 Å². The van der Waals surface area contributed by atoms with Crippen LogP contribution in [0.4, 0.5) is 0 Å². The number of hydrogen-bond acceptors (Lipinski definition) is 3. The van der Waals surface area contributed by atoms with E-state index in [0.29, 0.717) is 0 Å².